The summed E-state index contributed by atoms with van der Waals surface area (Å²) in [6.45, 7) is 2.28. The van der Waals surface area contributed by atoms with Crippen LogP contribution in [0, 0.1) is 0 Å². The summed E-state index contributed by atoms with van der Waals surface area (Å²) in [6, 6.07) is 10.2. The van der Waals surface area contributed by atoms with Crippen molar-refractivity contribution in [3.63, 3.8) is 0 Å². The van der Waals surface area contributed by atoms with Crippen LogP contribution in [0.15, 0.2) is 42.7 Å². The molecule has 130 valence electrons. The summed E-state index contributed by atoms with van der Waals surface area (Å²) in [5.41, 5.74) is 2.34. The summed E-state index contributed by atoms with van der Waals surface area (Å²) >= 11 is 0. The monoisotopic (exact) mass is 324 g/mol. The molecule has 0 aliphatic rings. The maximum Gasteiger partial charge on any atom is 0.159 e. The molecule has 0 N–H and O–H groups in total. The number of aromatic nitrogens is 2. The van der Waals surface area contributed by atoms with Crippen LogP contribution in [0.4, 0.5) is 0 Å². The second-order valence-corrected chi connectivity index (χ2v) is 6.71. The Morgan fingerprint density at radius 2 is 1.21 bits per heavy atom. The van der Waals surface area contributed by atoms with Gasteiger partial charge in [-0.2, -0.15) is 0 Å². The molecule has 1 aromatic heterocycles. The van der Waals surface area contributed by atoms with Crippen molar-refractivity contribution < 1.29 is 0 Å². The highest BCUT2D eigenvalue weighted by atomic mass is 14.9. The van der Waals surface area contributed by atoms with Gasteiger partial charge >= 0.3 is 0 Å². The van der Waals surface area contributed by atoms with Crippen LogP contribution in [0.25, 0.3) is 11.4 Å². The normalized spacial score (nSPS) is 10.9. The highest BCUT2D eigenvalue weighted by Crippen LogP contribution is 2.15. The number of rotatable bonds is 12. The van der Waals surface area contributed by atoms with E-state index >= 15 is 0 Å². The van der Waals surface area contributed by atoms with Gasteiger partial charge in [0.05, 0.1) is 0 Å². The number of benzene rings is 1. The van der Waals surface area contributed by atoms with E-state index in [4.69, 9.17) is 0 Å². The van der Waals surface area contributed by atoms with Gasteiger partial charge < -0.3 is 0 Å². The van der Waals surface area contributed by atoms with E-state index in [9.17, 15) is 0 Å². The maximum absolute atomic E-state index is 4.50. The van der Waals surface area contributed by atoms with Crippen molar-refractivity contribution in [3.8, 4) is 11.4 Å². The van der Waals surface area contributed by atoms with E-state index in [2.05, 4.69) is 29.0 Å². The minimum Gasteiger partial charge on any atom is -0.236 e. The Kier molecular flexibility index (Phi) is 9.15. The fraction of sp³-hybridized carbons (Fsp3) is 0.545. The molecule has 0 aliphatic carbocycles. The van der Waals surface area contributed by atoms with Crippen LogP contribution >= 0.6 is 0 Å². The van der Waals surface area contributed by atoms with Crippen molar-refractivity contribution in [2.45, 2.75) is 77.6 Å². The summed E-state index contributed by atoms with van der Waals surface area (Å²) in [5, 5.41) is 0. The van der Waals surface area contributed by atoms with Gasteiger partial charge in [-0.1, -0.05) is 95.0 Å². The first-order valence-corrected chi connectivity index (χ1v) is 9.76. The highest BCUT2D eigenvalue weighted by molar-refractivity contribution is 5.53. The smallest absolute Gasteiger partial charge is 0.159 e. The second-order valence-electron chi connectivity index (χ2n) is 6.71. The molecular formula is C22H32N2. The van der Waals surface area contributed by atoms with Crippen LogP contribution in [0.3, 0.4) is 0 Å². The number of hydrogen-bond donors (Lipinski definition) is 0. The van der Waals surface area contributed by atoms with Gasteiger partial charge in [-0.25, -0.2) is 9.97 Å². The first-order chi connectivity index (χ1) is 11.9. The average molecular weight is 325 g/mol. The van der Waals surface area contributed by atoms with Crippen LogP contribution in [0.2, 0.25) is 0 Å². The lowest BCUT2D eigenvalue weighted by Crippen LogP contribution is -1.93. The van der Waals surface area contributed by atoms with Gasteiger partial charge in [-0.15, -0.1) is 0 Å². The maximum atomic E-state index is 4.50. The zero-order valence-electron chi connectivity index (χ0n) is 15.2. The third kappa shape index (κ3) is 7.25. The van der Waals surface area contributed by atoms with Crippen LogP contribution in [-0.2, 0) is 6.42 Å². The van der Waals surface area contributed by atoms with Gasteiger partial charge in [0.15, 0.2) is 5.82 Å². The van der Waals surface area contributed by atoms with E-state index in [1.54, 1.807) is 0 Å². The van der Waals surface area contributed by atoms with Crippen LogP contribution in [-0.4, -0.2) is 9.97 Å². The van der Waals surface area contributed by atoms with Crippen LogP contribution < -0.4 is 0 Å². The van der Waals surface area contributed by atoms with Gasteiger partial charge in [-0.3, -0.25) is 0 Å². The van der Waals surface area contributed by atoms with Crippen molar-refractivity contribution in [3.05, 3.63) is 48.3 Å². The summed E-state index contributed by atoms with van der Waals surface area (Å²) < 4.78 is 0. The lowest BCUT2D eigenvalue weighted by atomic mass is 10.0. The molecule has 24 heavy (non-hydrogen) atoms. The molecule has 1 aromatic carbocycles. The molecule has 0 radical (unpaired) electrons. The Labute approximate surface area is 147 Å². The largest absolute Gasteiger partial charge is 0.236 e. The highest BCUT2D eigenvalue weighted by Gasteiger charge is 2.01. The molecule has 0 aliphatic heterocycles. The lowest BCUT2D eigenvalue weighted by Gasteiger charge is -2.04. The number of unbranched alkanes of at least 4 members (excludes halogenated alkanes) is 9. The summed E-state index contributed by atoms with van der Waals surface area (Å²) in [6.07, 6.45) is 18.9. The standard InChI is InChI=1S/C22H32N2/c1-2-3-4-5-6-7-8-9-10-12-15-20-18-23-22(24-19-20)21-16-13-11-14-17-21/h11,13-14,16-19H,2-10,12,15H2,1H3. The van der Waals surface area contributed by atoms with Gasteiger partial charge in [0.2, 0.25) is 0 Å². The summed E-state index contributed by atoms with van der Waals surface area (Å²) in [5.74, 6) is 0.822. The topological polar surface area (TPSA) is 25.8 Å². The Hall–Kier alpha value is -1.70. The Morgan fingerprint density at radius 1 is 0.667 bits per heavy atom. The van der Waals surface area contributed by atoms with Gasteiger partial charge in [-0.05, 0) is 18.4 Å². The van der Waals surface area contributed by atoms with E-state index in [-0.39, 0.29) is 0 Å². The third-order valence-electron chi connectivity index (χ3n) is 4.56. The van der Waals surface area contributed by atoms with E-state index in [1.807, 2.05) is 30.6 Å². The molecule has 0 spiro atoms. The molecule has 2 rings (SSSR count). The molecule has 0 amide bonds. The fourth-order valence-corrected chi connectivity index (χ4v) is 3.04. The second kappa shape index (κ2) is 11.8. The van der Waals surface area contributed by atoms with E-state index in [1.165, 1.54) is 69.8 Å². The zero-order chi connectivity index (χ0) is 16.9. The molecule has 2 nitrogen and oxygen atoms in total. The van der Waals surface area contributed by atoms with E-state index < -0.39 is 0 Å². The number of aryl methyl sites for hydroxylation is 1. The predicted molar refractivity (Wildman–Crippen MR) is 103 cm³/mol. The SMILES string of the molecule is CCCCCCCCCCCCc1cnc(-c2ccccc2)nc1. The van der Waals surface area contributed by atoms with E-state index in [0.717, 1.165) is 17.8 Å². The minimum absolute atomic E-state index is 0.822. The molecule has 0 saturated heterocycles. The van der Waals surface area contributed by atoms with Crippen LogP contribution in [0.1, 0.15) is 76.7 Å². The average Bonchev–Trinajstić information content (AvgIpc) is 2.64. The Morgan fingerprint density at radius 3 is 1.79 bits per heavy atom. The quantitative estimate of drug-likeness (QED) is 0.411. The first-order valence-electron chi connectivity index (χ1n) is 9.76. The van der Waals surface area contributed by atoms with Crippen molar-refractivity contribution in [2.24, 2.45) is 0 Å². The molecule has 0 unspecified atom stereocenters. The van der Waals surface area contributed by atoms with Crippen LogP contribution in [0.5, 0.6) is 0 Å². The molecular weight excluding hydrogens is 292 g/mol. The molecule has 1 heterocycles. The molecule has 2 aromatic rings. The molecule has 0 bridgehead atoms. The third-order valence-corrected chi connectivity index (χ3v) is 4.56. The number of hydrogen-bond acceptors (Lipinski definition) is 2. The fourth-order valence-electron chi connectivity index (χ4n) is 3.04. The van der Waals surface area contributed by atoms with Gasteiger partial charge in [0, 0.05) is 18.0 Å². The lowest BCUT2D eigenvalue weighted by molar-refractivity contribution is 0.556. The Bertz CT molecular complexity index is 534. The minimum atomic E-state index is 0.822. The molecule has 2 heteroatoms. The van der Waals surface area contributed by atoms with Gasteiger partial charge in [0.25, 0.3) is 0 Å². The van der Waals surface area contributed by atoms with Gasteiger partial charge in [0.1, 0.15) is 0 Å². The molecule has 0 fully saturated rings. The summed E-state index contributed by atoms with van der Waals surface area (Å²) in [4.78, 5) is 9.00. The van der Waals surface area contributed by atoms with E-state index in [0.29, 0.717) is 0 Å². The first kappa shape index (κ1) is 18.6. The van der Waals surface area contributed by atoms with Crippen molar-refractivity contribution in [1.82, 2.24) is 9.97 Å². The zero-order valence-corrected chi connectivity index (χ0v) is 15.2. The van der Waals surface area contributed by atoms with Crippen molar-refractivity contribution in [1.29, 1.82) is 0 Å². The van der Waals surface area contributed by atoms with Crippen molar-refractivity contribution >= 4 is 0 Å². The predicted octanol–water partition coefficient (Wildman–Crippen LogP) is 6.61. The number of nitrogens with zero attached hydrogens (tertiary/aromatic N) is 2. The summed E-state index contributed by atoms with van der Waals surface area (Å²) in [7, 11) is 0. The molecule has 0 saturated carbocycles. The Balaban J connectivity index is 1.55. The van der Waals surface area contributed by atoms with Crippen molar-refractivity contribution in [2.75, 3.05) is 0 Å². The molecule has 0 atom stereocenters.